The van der Waals surface area contributed by atoms with Crippen molar-refractivity contribution in [3.63, 3.8) is 0 Å². The van der Waals surface area contributed by atoms with Gasteiger partial charge in [-0.25, -0.2) is 15.8 Å². The van der Waals surface area contributed by atoms with E-state index in [0.717, 1.165) is 37.6 Å². The van der Waals surface area contributed by atoms with E-state index in [1.54, 1.807) is 0 Å². The van der Waals surface area contributed by atoms with Crippen LogP contribution in [0.2, 0.25) is 0 Å². The number of hydrogen-bond donors (Lipinski definition) is 3. The normalized spacial score (nSPS) is 19.4. The molecule has 6 nitrogen and oxygen atoms in total. The maximum Gasteiger partial charge on any atom is 0.145 e. The van der Waals surface area contributed by atoms with Gasteiger partial charge in [-0.1, -0.05) is 20.8 Å². The van der Waals surface area contributed by atoms with E-state index in [2.05, 4.69) is 41.1 Å². The third-order valence-electron chi connectivity index (χ3n) is 3.68. The maximum absolute atomic E-state index is 9.05. The number of nitrogens with zero attached hydrogens (tertiary/aromatic N) is 3. The van der Waals surface area contributed by atoms with Crippen molar-refractivity contribution >= 4 is 11.6 Å². The van der Waals surface area contributed by atoms with Crippen molar-refractivity contribution in [1.82, 2.24) is 9.97 Å². The van der Waals surface area contributed by atoms with Gasteiger partial charge >= 0.3 is 0 Å². The minimum Gasteiger partial charge on any atom is -0.396 e. The van der Waals surface area contributed by atoms with Crippen LogP contribution in [0, 0.1) is 5.92 Å². The van der Waals surface area contributed by atoms with E-state index >= 15 is 0 Å². The van der Waals surface area contributed by atoms with E-state index in [4.69, 9.17) is 10.9 Å². The van der Waals surface area contributed by atoms with E-state index in [1.807, 2.05) is 6.07 Å². The Balaban J connectivity index is 2.23. The number of nitrogens with one attached hydrogen (secondary N) is 1. The van der Waals surface area contributed by atoms with E-state index in [9.17, 15) is 0 Å². The molecule has 0 radical (unpaired) electrons. The van der Waals surface area contributed by atoms with Gasteiger partial charge in [0.05, 0.1) is 0 Å². The Kier molecular flexibility index (Phi) is 4.45. The van der Waals surface area contributed by atoms with Crippen LogP contribution < -0.4 is 16.2 Å². The van der Waals surface area contributed by atoms with Crippen LogP contribution in [-0.4, -0.2) is 34.8 Å². The Morgan fingerprint density at radius 2 is 2.20 bits per heavy atom. The molecule has 0 spiro atoms. The Labute approximate surface area is 120 Å². The number of aliphatic hydroxyl groups excluding tert-OH is 1. The molecule has 4 N–H and O–H groups in total. The molecule has 112 valence electrons. The van der Waals surface area contributed by atoms with Crippen LogP contribution >= 0.6 is 0 Å². The maximum atomic E-state index is 9.05. The molecule has 0 aliphatic carbocycles. The van der Waals surface area contributed by atoms with E-state index < -0.39 is 0 Å². The third kappa shape index (κ3) is 3.37. The summed E-state index contributed by atoms with van der Waals surface area (Å²) in [6, 6.07) is 1.89. The first kappa shape index (κ1) is 15.0. The number of aromatic nitrogens is 2. The lowest BCUT2D eigenvalue weighted by Crippen LogP contribution is -2.25. The highest BCUT2D eigenvalue weighted by molar-refractivity contribution is 5.50. The second-order valence-electron chi connectivity index (χ2n) is 6.44. The molecule has 1 fully saturated rings. The van der Waals surface area contributed by atoms with Crippen molar-refractivity contribution in [3.05, 3.63) is 11.9 Å². The third-order valence-corrected chi connectivity index (χ3v) is 3.68. The van der Waals surface area contributed by atoms with Crippen LogP contribution in [0.5, 0.6) is 0 Å². The number of aliphatic hydroxyl groups is 1. The molecule has 1 atom stereocenters. The van der Waals surface area contributed by atoms with Gasteiger partial charge in [-0.3, -0.25) is 0 Å². The zero-order valence-corrected chi connectivity index (χ0v) is 12.6. The lowest BCUT2D eigenvalue weighted by Gasteiger charge is -2.23. The highest BCUT2D eigenvalue weighted by Crippen LogP contribution is 2.28. The first-order chi connectivity index (χ1) is 9.44. The van der Waals surface area contributed by atoms with Crippen LogP contribution in [0.15, 0.2) is 6.07 Å². The predicted molar refractivity (Wildman–Crippen MR) is 80.6 cm³/mol. The molecule has 0 amide bonds. The summed E-state index contributed by atoms with van der Waals surface area (Å²) < 4.78 is 0. The van der Waals surface area contributed by atoms with Crippen molar-refractivity contribution in [2.75, 3.05) is 30.0 Å². The molecule has 0 bridgehead atoms. The van der Waals surface area contributed by atoms with Crippen LogP contribution in [0.3, 0.4) is 0 Å². The highest BCUT2D eigenvalue weighted by Gasteiger charge is 2.25. The standard InChI is InChI=1S/C14H25N5O/c1-14(2,3)13-16-11(18-15)8-12(17-13)19-6-4-10(9-19)5-7-20/h8,10,20H,4-7,9,15H2,1-3H3,(H,16,17,18). The second-order valence-corrected chi connectivity index (χ2v) is 6.44. The first-order valence-electron chi connectivity index (χ1n) is 7.16. The van der Waals surface area contributed by atoms with Crippen LogP contribution in [0.4, 0.5) is 11.6 Å². The minimum absolute atomic E-state index is 0.119. The van der Waals surface area contributed by atoms with Gasteiger partial charge in [0, 0.05) is 31.2 Å². The van der Waals surface area contributed by atoms with Gasteiger partial charge in [0.1, 0.15) is 17.5 Å². The van der Waals surface area contributed by atoms with Gasteiger partial charge in [-0.05, 0) is 18.8 Å². The summed E-state index contributed by atoms with van der Waals surface area (Å²) in [6.45, 7) is 8.42. The largest absolute Gasteiger partial charge is 0.396 e. The topological polar surface area (TPSA) is 87.3 Å². The van der Waals surface area contributed by atoms with Gasteiger partial charge < -0.3 is 15.4 Å². The monoisotopic (exact) mass is 279 g/mol. The van der Waals surface area contributed by atoms with Gasteiger partial charge in [-0.2, -0.15) is 0 Å². The molecule has 0 aromatic carbocycles. The van der Waals surface area contributed by atoms with Crippen molar-refractivity contribution in [1.29, 1.82) is 0 Å². The van der Waals surface area contributed by atoms with Crippen molar-refractivity contribution in [3.8, 4) is 0 Å². The summed E-state index contributed by atoms with van der Waals surface area (Å²) in [5.41, 5.74) is 2.50. The predicted octanol–water partition coefficient (Wildman–Crippen LogP) is 1.27. The molecule has 1 aliphatic rings. The fraction of sp³-hybridized carbons (Fsp3) is 0.714. The van der Waals surface area contributed by atoms with Crippen LogP contribution in [-0.2, 0) is 5.41 Å². The molecule has 1 aromatic rings. The fourth-order valence-corrected chi connectivity index (χ4v) is 2.46. The number of hydrogen-bond acceptors (Lipinski definition) is 6. The zero-order chi connectivity index (χ0) is 14.8. The van der Waals surface area contributed by atoms with E-state index in [1.165, 1.54) is 0 Å². The highest BCUT2D eigenvalue weighted by atomic mass is 16.3. The van der Waals surface area contributed by atoms with Gasteiger partial charge in [-0.15, -0.1) is 0 Å². The molecule has 20 heavy (non-hydrogen) atoms. The number of rotatable bonds is 4. The summed E-state index contributed by atoms with van der Waals surface area (Å²) in [4.78, 5) is 11.4. The van der Waals surface area contributed by atoms with Crippen LogP contribution in [0.25, 0.3) is 0 Å². The molecular weight excluding hydrogens is 254 g/mol. The van der Waals surface area contributed by atoms with Gasteiger partial charge in [0.25, 0.3) is 0 Å². The van der Waals surface area contributed by atoms with Gasteiger partial charge in [0.15, 0.2) is 0 Å². The Bertz CT molecular complexity index is 457. The lowest BCUT2D eigenvalue weighted by atomic mass is 9.96. The molecule has 6 heteroatoms. The van der Waals surface area contributed by atoms with Crippen molar-refractivity contribution < 1.29 is 5.11 Å². The Hall–Kier alpha value is -1.40. The summed E-state index contributed by atoms with van der Waals surface area (Å²) in [5, 5.41) is 9.05. The van der Waals surface area contributed by atoms with Crippen LogP contribution in [0.1, 0.15) is 39.4 Å². The summed E-state index contributed by atoms with van der Waals surface area (Å²) >= 11 is 0. The lowest BCUT2D eigenvalue weighted by molar-refractivity contribution is 0.263. The average Bonchev–Trinajstić information content (AvgIpc) is 2.86. The average molecular weight is 279 g/mol. The Morgan fingerprint density at radius 3 is 2.80 bits per heavy atom. The molecule has 1 aromatic heterocycles. The summed E-state index contributed by atoms with van der Waals surface area (Å²) in [7, 11) is 0. The minimum atomic E-state index is -0.119. The fourth-order valence-electron chi connectivity index (χ4n) is 2.46. The quantitative estimate of drug-likeness (QED) is 0.568. The SMILES string of the molecule is CC(C)(C)c1nc(NN)cc(N2CCC(CCO)C2)n1. The molecular formula is C14H25N5O. The number of nitrogen functional groups attached to an aromatic ring is 1. The summed E-state index contributed by atoms with van der Waals surface area (Å²) in [5.74, 6) is 8.40. The smallest absolute Gasteiger partial charge is 0.145 e. The van der Waals surface area contributed by atoms with Crippen molar-refractivity contribution in [2.45, 2.75) is 39.0 Å². The second kappa shape index (κ2) is 5.93. The number of nitrogens with two attached hydrogens (primary N) is 1. The first-order valence-corrected chi connectivity index (χ1v) is 7.16. The molecule has 1 unspecified atom stereocenters. The molecule has 1 aliphatic heterocycles. The molecule has 2 heterocycles. The van der Waals surface area contributed by atoms with E-state index in [-0.39, 0.29) is 12.0 Å². The van der Waals surface area contributed by atoms with Crippen molar-refractivity contribution in [2.24, 2.45) is 11.8 Å². The van der Waals surface area contributed by atoms with Gasteiger partial charge in [0.2, 0.25) is 0 Å². The number of anilines is 2. The zero-order valence-electron chi connectivity index (χ0n) is 12.6. The molecule has 0 saturated carbocycles. The Morgan fingerprint density at radius 1 is 1.45 bits per heavy atom. The number of hydrazine groups is 1. The van der Waals surface area contributed by atoms with E-state index in [0.29, 0.717) is 11.7 Å². The molecule has 1 saturated heterocycles. The molecule has 2 rings (SSSR count). The summed E-state index contributed by atoms with van der Waals surface area (Å²) in [6.07, 6.45) is 1.95.